The molecule has 25 heavy (non-hydrogen) atoms. The fourth-order valence-electron chi connectivity index (χ4n) is 2.17. The molecule has 7 heteroatoms. The Bertz CT molecular complexity index is 746. The van der Waals surface area contributed by atoms with Crippen molar-refractivity contribution in [2.75, 3.05) is 20.3 Å². The second kappa shape index (κ2) is 8.94. The van der Waals surface area contributed by atoms with Crippen molar-refractivity contribution in [3.05, 3.63) is 58.6 Å². The predicted octanol–water partition coefficient (Wildman–Crippen LogP) is 2.78. The lowest BCUT2D eigenvalue weighted by Crippen LogP contribution is -2.26. The lowest BCUT2D eigenvalue weighted by atomic mass is 10.1. The fourth-order valence-corrected chi connectivity index (χ4v) is 2.34. The molecule has 2 aromatic rings. The molecule has 2 rings (SSSR count). The summed E-state index contributed by atoms with van der Waals surface area (Å²) in [7, 11) is 1.49. The highest BCUT2D eigenvalue weighted by molar-refractivity contribution is 6.31. The van der Waals surface area contributed by atoms with Crippen LogP contribution in [-0.4, -0.2) is 37.2 Å². The Morgan fingerprint density at radius 1 is 1.16 bits per heavy atom. The number of aliphatic carboxylic acids is 1. The van der Waals surface area contributed by atoms with E-state index in [-0.39, 0.29) is 12.5 Å². The van der Waals surface area contributed by atoms with Gasteiger partial charge in [0, 0.05) is 11.6 Å². The maximum Gasteiger partial charge on any atom is 0.341 e. The molecule has 0 saturated heterocycles. The molecular weight excluding hydrogens is 346 g/mol. The van der Waals surface area contributed by atoms with Gasteiger partial charge in [0.2, 0.25) is 0 Å². The summed E-state index contributed by atoms with van der Waals surface area (Å²) in [4.78, 5) is 22.7. The third kappa shape index (κ3) is 5.69. The summed E-state index contributed by atoms with van der Waals surface area (Å²) >= 11 is 5.92. The van der Waals surface area contributed by atoms with Crippen LogP contribution in [0.4, 0.5) is 0 Å². The van der Waals surface area contributed by atoms with Crippen molar-refractivity contribution in [3.63, 3.8) is 0 Å². The summed E-state index contributed by atoms with van der Waals surface area (Å²) in [6, 6.07) is 11.9. The molecule has 1 amide bonds. The number of hydrogen-bond donors (Lipinski definition) is 2. The number of ether oxygens (including phenoxy) is 2. The number of nitrogens with one attached hydrogen (secondary N) is 1. The monoisotopic (exact) mass is 363 g/mol. The zero-order valence-corrected chi connectivity index (χ0v) is 14.4. The van der Waals surface area contributed by atoms with E-state index in [1.54, 1.807) is 30.3 Å². The van der Waals surface area contributed by atoms with Gasteiger partial charge in [-0.05, 0) is 42.3 Å². The van der Waals surface area contributed by atoms with Crippen LogP contribution in [0.15, 0.2) is 42.5 Å². The lowest BCUT2D eigenvalue weighted by Gasteiger charge is -2.10. The molecule has 0 unspecified atom stereocenters. The average Bonchev–Trinajstić information content (AvgIpc) is 2.60. The minimum absolute atomic E-state index is 0.263. The van der Waals surface area contributed by atoms with Gasteiger partial charge in [0.1, 0.15) is 11.5 Å². The Kier molecular flexibility index (Phi) is 6.65. The summed E-state index contributed by atoms with van der Waals surface area (Å²) in [5.74, 6) is -0.343. The van der Waals surface area contributed by atoms with Crippen molar-refractivity contribution in [2.45, 2.75) is 6.42 Å². The van der Waals surface area contributed by atoms with Gasteiger partial charge in [-0.3, -0.25) is 4.79 Å². The van der Waals surface area contributed by atoms with Crippen LogP contribution < -0.4 is 14.8 Å². The minimum Gasteiger partial charge on any atom is -0.496 e. The summed E-state index contributed by atoms with van der Waals surface area (Å²) in [5.41, 5.74) is 1.37. The van der Waals surface area contributed by atoms with Gasteiger partial charge in [-0.2, -0.15) is 0 Å². The number of benzene rings is 2. The highest BCUT2D eigenvalue weighted by Gasteiger charge is 2.12. The summed E-state index contributed by atoms with van der Waals surface area (Å²) in [5, 5.41) is 11.8. The van der Waals surface area contributed by atoms with Gasteiger partial charge in [-0.1, -0.05) is 23.7 Å². The molecule has 0 saturated carbocycles. The summed E-state index contributed by atoms with van der Waals surface area (Å²) in [6.45, 7) is 0.0563. The number of carboxylic acid groups (broad SMARTS) is 1. The van der Waals surface area contributed by atoms with Gasteiger partial charge in [-0.15, -0.1) is 0 Å². The number of methoxy groups -OCH3 is 1. The van der Waals surface area contributed by atoms with Crippen LogP contribution in [0.1, 0.15) is 15.9 Å². The Morgan fingerprint density at radius 2 is 1.88 bits per heavy atom. The van der Waals surface area contributed by atoms with E-state index in [0.29, 0.717) is 35.1 Å². The molecule has 0 aliphatic carbocycles. The lowest BCUT2D eigenvalue weighted by molar-refractivity contribution is -0.139. The van der Waals surface area contributed by atoms with E-state index in [9.17, 15) is 9.59 Å². The van der Waals surface area contributed by atoms with Crippen LogP contribution in [0.5, 0.6) is 11.5 Å². The number of carbonyl (C=O) groups is 2. The molecule has 2 aromatic carbocycles. The van der Waals surface area contributed by atoms with E-state index in [4.69, 9.17) is 26.2 Å². The van der Waals surface area contributed by atoms with E-state index in [0.717, 1.165) is 5.56 Å². The first kappa shape index (κ1) is 18.6. The maximum atomic E-state index is 12.2. The van der Waals surface area contributed by atoms with Gasteiger partial charge in [-0.25, -0.2) is 4.79 Å². The minimum atomic E-state index is -1.02. The normalized spacial score (nSPS) is 10.2. The van der Waals surface area contributed by atoms with Crippen LogP contribution in [0.25, 0.3) is 0 Å². The van der Waals surface area contributed by atoms with Crippen LogP contribution in [0.3, 0.4) is 0 Å². The van der Waals surface area contributed by atoms with Crippen molar-refractivity contribution in [1.82, 2.24) is 5.32 Å². The summed E-state index contributed by atoms with van der Waals surface area (Å²) in [6.07, 6.45) is 0.619. The topological polar surface area (TPSA) is 84.9 Å². The van der Waals surface area contributed by atoms with Crippen LogP contribution in [0.2, 0.25) is 5.02 Å². The Labute approximate surface area is 150 Å². The molecule has 132 valence electrons. The zero-order valence-electron chi connectivity index (χ0n) is 13.6. The quantitative estimate of drug-likeness (QED) is 0.753. The molecule has 0 aliphatic heterocycles. The second-order valence-corrected chi connectivity index (χ2v) is 5.61. The Morgan fingerprint density at radius 3 is 2.52 bits per heavy atom. The van der Waals surface area contributed by atoms with Crippen molar-refractivity contribution in [1.29, 1.82) is 0 Å². The molecule has 0 aliphatic rings. The SMILES string of the molecule is COc1ccc(Cl)cc1C(=O)NCCc1ccc(OCC(=O)O)cc1. The molecule has 2 N–H and O–H groups in total. The van der Waals surface area contributed by atoms with E-state index in [2.05, 4.69) is 5.32 Å². The number of carboxylic acids is 1. The molecule has 0 radical (unpaired) electrons. The first-order chi connectivity index (χ1) is 12.0. The molecule has 0 bridgehead atoms. The number of hydrogen-bond acceptors (Lipinski definition) is 4. The molecular formula is C18H18ClNO5. The largest absolute Gasteiger partial charge is 0.496 e. The highest BCUT2D eigenvalue weighted by atomic mass is 35.5. The number of amides is 1. The molecule has 0 aromatic heterocycles. The van der Waals surface area contributed by atoms with E-state index >= 15 is 0 Å². The first-order valence-electron chi connectivity index (χ1n) is 7.55. The molecule has 0 heterocycles. The summed E-state index contributed by atoms with van der Waals surface area (Å²) < 4.78 is 10.2. The maximum absolute atomic E-state index is 12.2. The van der Waals surface area contributed by atoms with Crippen LogP contribution in [-0.2, 0) is 11.2 Å². The third-order valence-electron chi connectivity index (χ3n) is 3.39. The molecule has 0 fully saturated rings. The van der Waals surface area contributed by atoms with Crippen molar-refractivity contribution >= 4 is 23.5 Å². The van der Waals surface area contributed by atoms with Gasteiger partial charge >= 0.3 is 5.97 Å². The zero-order chi connectivity index (χ0) is 18.2. The van der Waals surface area contributed by atoms with Gasteiger partial charge in [0.15, 0.2) is 6.61 Å². The van der Waals surface area contributed by atoms with Crippen LogP contribution >= 0.6 is 11.6 Å². The predicted molar refractivity (Wildman–Crippen MR) is 93.6 cm³/mol. The van der Waals surface area contributed by atoms with Crippen molar-refractivity contribution in [3.8, 4) is 11.5 Å². The fraction of sp³-hybridized carbons (Fsp3) is 0.222. The molecule has 6 nitrogen and oxygen atoms in total. The van der Waals surface area contributed by atoms with E-state index in [1.165, 1.54) is 7.11 Å². The number of carbonyl (C=O) groups excluding carboxylic acids is 1. The highest BCUT2D eigenvalue weighted by Crippen LogP contribution is 2.22. The molecule has 0 spiro atoms. The van der Waals surface area contributed by atoms with Gasteiger partial charge in [0.05, 0.1) is 12.7 Å². The average molecular weight is 364 g/mol. The van der Waals surface area contributed by atoms with E-state index < -0.39 is 5.97 Å². The first-order valence-corrected chi connectivity index (χ1v) is 7.92. The second-order valence-electron chi connectivity index (χ2n) is 5.18. The smallest absolute Gasteiger partial charge is 0.341 e. The van der Waals surface area contributed by atoms with Crippen LogP contribution in [0, 0.1) is 0 Å². The van der Waals surface area contributed by atoms with Crippen molar-refractivity contribution < 1.29 is 24.2 Å². The standard InChI is InChI=1S/C18H18ClNO5/c1-24-16-7-4-13(19)10-15(16)18(23)20-9-8-12-2-5-14(6-3-12)25-11-17(21)22/h2-7,10H,8-9,11H2,1H3,(H,20,23)(H,21,22). The van der Waals surface area contributed by atoms with Crippen molar-refractivity contribution in [2.24, 2.45) is 0 Å². The number of rotatable bonds is 8. The van der Waals surface area contributed by atoms with E-state index in [1.807, 2.05) is 12.1 Å². The number of halogens is 1. The van der Waals surface area contributed by atoms with Gasteiger partial charge < -0.3 is 19.9 Å². The third-order valence-corrected chi connectivity index (χ3v) is 3.63. The molecule has 0 atom stereocenters. The van der Waals surface area contributed by atoms with Gasteiger partial charge in [0.25, 0.3) is 5.91 Å². The Hall–Kier alpha value is -2.73. The Balaban J connectivity index is 1.87.